The van der Waals surface area contributed by atoms with Gasteiger partial charge in [-0.05, 0) is 75.2 Å². The van der Waals surface area contributed by atoms with Gasteiger partial charge in [-0.1, -0.05) is 17.7 Å². The molecule has 1 atom stereocenters. The summed E-state index contributed by atoms with van der Waals surface area (Å²) in [5, 5.41) is 0.377. The van der Waals surface area contributed by atoms with Gasteiger partial charge in [0, 0.05) is 24.2 Å². The predicted molar refractivity (Wildman–Crippen MR) is 120 cm³/mol. The molecule has 1 heterocycles. The van der Waals surface area contributed by atoms with Gasteiger partial charge in [-0.3, -0.25) is 9.80 Å². The van der Waals surface area contributed by atoms with E-state index in [0.29, 0.717) is 35.7 Å². The zero-order valence-corrected chi connectivity index (χ0v) is 20.1. The van der Waals surface area contributed by atoms with Gasteiger partial charge in [0.15, 0.2) is 0 Å². The average Bonchev–Trinajstić information content (AvgIpc) is 2.91. The molecule has 0 saturated carbocycles. The number of rotatable bonds is 4. The van der Waals surface area contributed by atoms with Crippen molar-refractivity contribution in [3.8, 4) is 0 Å². The summed E-state index contributed by atoms with van der Waals surface area (Å²) in [4.78, 5) is 15.8. The SMILES string of the molecule is CC(C)OC(=O)N1CCCC(N(C)Cc2cc(C(F)(F)F)cc(C(F)(F)F)c2)c2ccc(Cl)cc21. The number of hydrogen-bond donors (Lipinski definition) is 0. The number of halogens is 7. The van der Waals surface area contributed by atoms with E-state index in [-0.39, 0.29) is 30.3 Å². The van der Waals surface area contributed by atoms with Gasteiger partial charge in [0.2, 0.25) is 0 Å². The topological polar surface area (TPSA) is 32.8 Å². The highest BCUT2D eigenvalue weighted by atomic mass is 35.5. The van der Waals surface area contributed by atoms with Gasteiger partial charge >= 0.3 is 18.4 Å². The molecular weight excluding hydrogens is 498 g/mol. The van der Waals surface area contributed by atoms with Gasteiger partial charge in [-0.15, -0.1) is 0 Å². The molecule has 0 bridgehead atoms. The molecule has 1 aliphatic rings. The van der Waals surface area contributed by atoms with Crippen LogP contribution in [0.4, 0.5) is 36.8 Å². The Bertz CT molecular complexity index is 1040. The van der Waals surface area contributed by atoms with Gasteiger partial charge in [0.05, 0.1) is 22.9 Å². The molecule has 2 aromatic rings. The van der Waals surface area contributed by atoms with Crippen LogP contribution in [-0.2, 0) is 23.6 Å². The van der Waals surface area contributed by atoms with Crippen molar-refractivity contribution >= 4 is 23.4 Å². The first kappa shape index (κ1) is 27.1. The van der Waals surface area contributed by atoms with Crippen molar-refractivity contribution in [3.05, 3.63) is 63.7 Å². The minimum atomic E-state index is -4.92. The van der Waals surface area contributed by atoms with E-state index >= 15 is 0 Å². The Morgan fingerprint density at radius 3 is 2.23 bits per heavy atom. The van der Waals surface area contributed by atoms with Crippen LogP contribution < -0.4 is 4.90 Å². The number of hydrogen-bond acceptors (Lipinski definition) is 3. The van der Waals surface area contributed by atoms with Crippen molar-refractivity contribution in [3.63, 3.8) is 0 Å². The molecule has 2 aromatic carbocycles. The quantitative estimate of drug-likeness (QED) is 0.386. The van der Waals surface area contributed by atoms with Gasteiger partial charge in [-0.2, -0.15) is 26.3 Å². The van der Waals surface area contributed by atoms with Crippen LogP contribution >= 0.6 is 11.6 Å². The Morgan fingerprint density at radius 2 is 1.69 bits per heavy atom. The summed E-state index contributed by atoms with van der Waals surface area (Å²) in [5.41, 5.74) is -1.65. The maximum Gasteiger partial charge on any atom is 0.416 e. The molecule has 0 N–H and O–H groups in total. The molecule has 0 radical (unpaired) electrons. The molecular formula is C24H25ClF6N2O2. The van der Waals surface area contributed by atoms with Crippen molar-refractivity contribution in [2.24, 2.45) is 0 Å². The zero-order chi connectivity index (χ0) is 26.1. The number of alkyl halides is 6. The first-order valence-electron chi connectivity index (χ1n) is 10.9. The van der Waals surface area contributed by atoms with Crippen molar-refractivity contribution in [2.45, 2.75) is 57.7 Å². The van der Waals surface area contributed by atoms with Gasteiger partial charge < -0.3 is 4.74 Å². The standard InChI is InChI=1S/C24H25ClF6N2O2/c1-14(2)35-22(34)33-8-4-5-20(19-7-6-18(25)12-21(19)33)32(3)13-15-9-16(23(26,27)28)11-17(10-15)24(29,30)31/h6-7,9-12,14,20H,4-5,8,13H2,1-3H3. The summed E-state index contributed by atoms with van der Waals surface area (Å²) < 4.78 is 85.0. The minimum Gasteiger partial charge on any atom is -0.446 e. The Kier molecular flexibility index (Phi) is 7.96. The Labute approximate surface area is 204 Å². The number of fused-ring (bicyclic) bond motifs is 1. The van der Waals surface area contributed by atoms with Crippen LogP contribution in [0.5, 0.6) is 0 Å². The minimum absolute atomic E-state index is 0.116. The number of ether oxygens (including phenoxy) is 1. The van der Waals surface area contributed by atoms with E-state index in [1.807, 2.05) is 0 Å². The predicted octanol–water partition coefficient (Wildman–Crippen LogP) is 7.70. The molecule has 1 amide bonds. The van der Waals surface area contributed by atoms with Crippen LogP contribution in [0.25, 0.3) is 0 Å². The summed E-state index contributed by atoms with van der Waals surface area (Å²) in [5.74, 6) is 0. The molecule has 0 fully saturated rings. The van der Waals surface area contributed by atoms with E-state index < -0.39 is 29.6 Å². The first-order chi connectivity index (χ1) is 16.2. The van der Waals surface area contributed by atoms with Crippen molar-refractivity contribution in [1.29, 1.82) is 0 Å². The first-order valence-corrected chi connectivity index (χ1v) is 11.3. The molecule has 3 rings (SSSR count). The van der Waals surface area contributed by atoms with Gasteiger partial charge in [0.1, 0.15) is 0 Å². The van der Waals surface area contributed by atoms with Gasteiger partial charge in [-0.25, -0.2) is 4.79 Å². The highest BCUT2D eigenvalue weighted by Crippen LogP contribution is 2.40. The lowest BCUT2D eigenvalue weighted by molar-refractivity contribution is -0.143. The molecule has 35 heavy (non-hydrogen) atoms. The van der Waals surface area contributed by atoms with E-state index in [9.17, 15) is 31.1 Å². The summed E-state index contributed by atoms with van der Waals surface area (Å²) >= 11 is 6.18. The summed E-state index contributed by atoms with van der Waals surface area (Å²) in [6.45, 7) is 3.59. The number of benzene rings is 2. The fraction of sp³-hybridized carbons (Fsp3) is 0.458. The molecule has 0 aliphatic carbocycles. The summed E-state index contributed by atoms with van der Waals surface area (Å²) in [6.07, 6.45) is -9.70. The van der Waals surface area contributed by atoms with Crippen LogP contribution in [0.1, 0.15) is 55.0 Å². The van der Waals surface area contributed by atoms with Crippen LogP contribution in [-0.4, -0.2) is 30.7 Å². The van der Waals surface area contributed by atoms with E-state index in [1.165, 1.54) is 4.90 Å². The number of carbonyl (C=O) groups excluding carboxylic acids is 1. The lowest BCUT2D eigenvalue weighted by Crippen LogP contribution is -2.34. The summed E-state index contributed by atoms with van der Waals surface area (Å²) in [6, 6.07) is 6.15. The van der Waals surface area contributed by atoms with E-state index in [1.54, 1.807) is 44.0 Å². The highest BCUT2D eigenvalue weighted by Gasteiger charge is 2.37. The van der Waals surface area contributed by atoms with E-state index in [4.69, 9.17) is 16.3 Å². The highest BCUT2D eigenvalue weighted by molar-refractivity contribution is 6.31. The van der Waals surface area contributed by atoms with Crippen LogP contribution in [0.15, 0.2) is 36.4 Å². The number of nitrogens with zero attached hydrogens (tertiary/aromatic N) is 2. The molecule has 0 saturated heterocycles. The molecule has 1 aliphatic heterocycles. The Hall–Kier alpha value is -2.46. The van der Waals surface area contributed by atoms with E-state index in [2.05, 4.69) is 0 Å². The van der Waals surface area contributed by atoms with Crippen molar-refractivity contribution < 1.29 is 35.9 Å². The van der Waals surface area contributed by atoms with E-state index in [0.717, 1.165) is 12.1 Å². The molecule has 192 valence electrons. The lowest BCUT2D eigenvalue weighted by Gasteiger charge is -2.30. The second kappa shape index (κ2) is 10.3. The maximum atomic E-state index is 13.3. The van der Waals surface area contributed by atoms with Crippen molar-refractivity contribution in [2.75, 3.05) is 18.5 Å². The fourth-order valence-corrected chi connectivity index (χ4v) is 4.34. The molecule has 0 spiro atoms. The van der Waals surface area contributed by atoms with Gasteiger partial charge in [0.25, 0.3) is 0 Å². The third kappa shape index (κ3) is 6.61. The normalized spacial score (nSPS) is 16.9. The average molecular weight is 523 g/mol. The number of carbonyl (C=O) groups is 1. The van der Waals surface area contributed by atoms with Crippen molar-refractivity contribution in [1.82, 2.24) is 4.90 Å². The number of anilines is 1. The summed E-state index contributed by atoms with van der Waals surface area (Å²) in [7, 11) is 1.62. The molecule has 4 nitrogen and oxygen atoms in total. The zero-order valence-electron chi connectivity index (χ0n) is 19.3. The molecule has 11 heteroatoms. The van der Waals surface area contributed by atoms with Crippen LogP contribution in [0, 0.1) is 0 Å². The van der Waals surface area contributed by atoms with Crippen LogP contribution in [0.3, 0.4) is 0 Å². The molecule has 0 aromatic heterocycles. The third-order valence-corrected chi connectivity index (χ3v) is 5.91. The Morgan fingerprint density at radius 1 is 1.09 bits per heavy atom. The second-order valence-corrected chi connectivity index (χ2v) is 9.21. The number of amides is 1. The Balaban J connectivity index is 1.97. The monoisotopic (exact) mass is 522 g/mol. The maximum absolute atomic E-state index is 13.3. The van der Waals surface area contributed by atoms with Crippen LogP contribution in [0.2, 0.25) is 5.02 Å². The largest absolute Gasteiger partial charge is 0.446 e. The smallest absolute Gasteiger partial charge is 0.416 e. The second-order valence-electron chi connectivity index (χ2n) is 8.77. The third-order valence-electron chi connectivity index (χ3n) is 5.67. The fourth-order valence-electron chi connectivity index (χ4n) is 4.17. The molecule has 1 unspecified atom stereocenters. The lowest BCUT2D eigenvalue weighted by atomic mass is 9.98.